The highest BCUT2D eigenvalue weighted by atomic mass is 79.9. The molecule has 4 nitrogen and oxygen atoms in total. The first kappa shape index (κ1) is 14.7. The van der Waals surface area contributed by atoms with Crippen molar-refractivity contribution < 1.29 is 9.53 Å². The third-order valence-corrected chi connectivity index (χ3v) is 5.38. The summed E-state index contributed by atoms with van der Waals surface area (Å²) < 4.78 is 10.8. The molecular formula is C15H15BrN2O2S. The summed E-state index contributed by atoms with van der Waals surface area (Å²) in [7, 11) is 0. The average Bonchev–Trinajstić information content (AvgIpc) is 2.93. The van der Waals surface area contributed by atoms with E-state index in [1.54, 1.807) is 0 Å². The van der Waals surface area contributed by atoms with Gasteiger partial charge in [0, 0.05) is 5.56 Å². The molecule has 1 aliphatic rings. The van der Waals surface area contributed by atoms with E-state index < -0.39 is 0 Å². The van der Waals surface area contributed by atoms with Gasteiger partial charge in [0.25, 0.3) is 0 Å². The number of fused-ring (bicyclic) bond motifs is 1. The average molecular weight is 367 g/mol. The maximum absolute atomic E-state index is 12.5. The summed E-state index contributed by atoms with van der Waals surface area (Å²) in [5.41, 5.74) is 1.20. The van der Waals surface area contributed by atoms with Crippen molar-refractivity contribution in [1.29, 1.82) is 0 Å². The Labute approximate surface area is 135 Å². The number of ether oxygens (including phenoxy) is 1. The minimum atomic E-state index is -0.350. The molecule has 0 spiro atoms. The third kappa shape index (κ3) is 2.62. The zero-order valence-electron chi connectivity index (χ0n) is 11.9. The van der Waals surface area contributed by atoms with Gasteiger partial charge < -0.3 is 4.74 Å². The molecule has 2 aromatic rings. The van der Waals surface area contributed by atoms with Crippen molar-refractivity contribution >= 4 is 33.2 Å². The number of carbonyl (C=O) groups excluding carboxylic acids is 1. The van der Waals surface area contributed by atoms with Crippen LogP contribution in [0, 0.1) is 0 Å². The largest absolute Gasteiger partial charge is 0.486 e. The normalized spacial score (nSPS) is 16.4. The Bertz CT molecular complexity index is 695. The lowest BCUT2D eigenvalue weighted by Gasteiger charge is -2.36. The quantitative estimate of drug-likeness (QED) is 0.802. The number of benzene rings is 1. The first-order chi connectivity index (χ1) is 10.1. The van der Waals surface area contributed by atoms with Gasteiger partial charge in [-0.3, -0.25) is 4.79 Å². The number of ketones is 1. The molecule has 0 N–H and O–H groups in total. The van der Waals surface area contributed by atoms with Gasteiger partial charge in [-0.05, 0) is 58.5 Å². The first-order valence-electron chi connectivity index (χ1n) is 6.93. The number of hydrogen-bond donors (Lipinski definition) is 0. The maximum Gasteiger partial charge on any atom is 0.209 e. The van der Waals surface area contributed by atoms with Crippen LogP contribution in [0.25, 0.3) is 10.6 Å². The van der Waals surface area contributed by atoms with E-state index in [2.05, 4.69) is 39.1 Å². The van der Waals surface area contributed by atoms with Crippen molar-refractivity contribution in [2.24, 2.45) is 0 Å². The molecule has 110 valence electrons. The van der Waals surface area contributed by atoms with Gasteiger partial charge in [-0.25, -0.2) is 4.98 Å². The second kappa shape index (κ2) is 5.50. The second-order valence-corrected chi connectivity index (χ2v) is 6.63. The fourth-order valence-electron chi connectivity index (χ4n) is 2.59. The molecule has 0 saturated carbocycles. The molecule has 21 heavy (non-hydrogen) atoms. The zero-order chi connectivity index (χ0) is 15.0. The second-order valence-electron chi connectivity index (χ2n) is 5.17. The summed E-state index contributed by atoms with van der Waals surface area (Å²) >= 11 is 4.55. The molecule has 1 aromatic carbocycles. The van der Waals surface area contributed by atoms with Crippen molar-refractivity contribution in [3.05, 3.63) is 28.5 Å². The van der Waals surface area contributed by atoms with Crippen molar-refractivity contribution in [2.45, 2.75) is 38.7 Å². The standard InChI is InChI=1S/C15H15BrN2O2S/c1-3-15(4-2)8-11(19)10-7-9(5-6-12(10)20-15)13-17-14(16)18-21-13/h5-7H,3-4,8H2,1-2H3. The van der Waals surface area contributed by atoms with Gasteiger partial charge in [0.1, 0.15) is 16.4 Å². The predicted octanol–water partition coefficient (Wildman–Crippen LogP) is 4.49. The molecule has 1 aliphatic heterocycles. The van der Waals surface area contributed by atoms with Crippen molar-refractivity contribution in [3.63, 3.8) is 0 Å². The Kier molecular flexibility index (Phi) is 3.84. The van der Waals surface area contributed by atoms with E-state index in [9.17, 15) is 4.79 Å². The highest BCUT2D eigenvalue weighted by Crippen LogP contribution is 2.39. The topological polar surface area (TPSA) is 52.1 Å². The number of halogens is 1. The summed E-state index contributed by atoms with van der Waals surface area (Å²) in [6, 6.07) is 5.66. The third-order valence-electron chi connectivity index (χ3n) is 4.03. The highest BCUT2D eigenvalue weighted by Gasteiger charge is 2.37. The number of nitrogens with zero attached hydrogens (tertiary/aromatic N) is 2. The molecule has 0 fully saturated rings. The van der Waals surface area contributed by atoms with Gasteiger partial charge in [-0.2, -0.15) is 4.37 Å². The fourth-order valence-corrected chi connectivity index (χ4v) is 3.67. The number of carbonyl (C=O) groups is 1. The van der Waals surface area contributed by atoms with Crippen LogP contribution < -0.4 is 4.74 Å². The van der Waals surface area contributed by atoms with E-state index in [1.807, 2.05) is 18.2 Å². The minimum Gasteiger partial charge on any atom is -0.486 e. The van der Waals surface area contributed by atoms with Crippen LogP contribution in [-0.4, -0.2) is 20.7 Å². The van der Waals surface area contributed by atoms with E-state index in [-0.39, 0.29) is 11.4 Å². The SMILES string of the molecule is CCC1(CC)CC(=O)c2cc(-c3nc(Br)ns3)ccc2O1. The van der Waals surface area contributed by atoms with Crippen LogP contribution in [0.1, 0.15) is 43.5 Å². The number of Topliss-reactive ketones (excluding diaryl/α,β-unsaturated/α-hetero) is 1. The highest BCUT2D eigenvalue weighted by molar-refractivity contribution is 9.10. The van der Waals surface area contributed by atoms with Crippen LogP contribution in [0.5, 0.6) is 5.75 Å². The molecule has 0 amide bonds. The van der Waals surface area contributed by atoms with Crippen LogP contribution in [0.15, 0.2) is 22.9 Å². The Morgan fingerprint density at radius 3 is 2.76 bits per heavy atom. The number of rotatable bonds is 3. The molecule has 1 aromatic heterocycles. The minimum absolute atomic E-state index is 0.144. The van der Waals surface area contributed by atoms with Crippen LogP contribution in [0.3, 0.4) is 0 Å². The Hall–Kier alpha value is -1.27. The van der Waals surface area contributed by atoms with E-state index in [1.165, 1.54) is 11.5 Å². The first-order valence-corrected chi connectivity index (χ1v) is 8.49. The molecule has 0 unspecified atom stereocenters. The molecule has 2 heterocycles. The zero-order valence-corrected chi connectivity index (χ0v) is 14.3. The molecule has 0 radical (unpaired) electrons. The summed E-state index contributed by atoms with van der Waals surface area (Å²) in [6.45, 7) is 4.13. The number of hydrogen-bond acceptors (Lipinski definition) is 5. The fraction of sp³-hybridized carbons (Fsp3) is 0.400. The van der Waals surface area contributed by atoms with Crippen LogP contribution in [0.4, 0.5) is 0 Å². The molecular weight excluding hydrogens is 352 g/mol. The summed E-state index contributed by atoms with van der Waals surface area (Å²) in [4.78, 5) is 16.8. The van der Waals surface area contributed by atoms with Crippen molar-refractivity contribution in [3.8, 4) is 16.3 Å². The monoisotopic (exact) mass is 366 g/mol. The van der Waals surface area contributed by atoms with Crippen LogP contribution in [-0.2, 0) is 0 Å². The van der Waals surface area contributed by atoms with Crippen LogP contribution in [0.2, 0.25) is 0 Å². The van der Waals surface area contributed by atoms with Crippen LogP contribution >= 0.6 is 27.5 Å². The van der Waals surface area contributed by atoms with Crippen molar-refractivity contribution in [1.82, 2.24) is 9.36 Å². The lowest BCUT2D eigenvalue weighted by molar-refractivity contribution is 0.0350. The molecule has 0 bridgehead atoms. The lowest BCUT2D eigenvalue weighted by atomic mass is 9.85. The Morgan fingerprint density at radius 1 is 1.38 bits per heavy atom. The van der Waals surface area contributed by atoms with Gasteiger partial charge in [0.2, 0.25) is 4.73 Å². The lowest BCUT2D eigenvalue weighted by Crippen LogP contribution is -2.40. The predicted molar refractivity (Wildman–Crippen MR) is 85.9 cm³/mol. The van der Waals surface area contributed by atoms with Gasteiger partial charge in [0.05, 0.1) is 12.0 Å². The summed E-state index contributed by atoms with van der Waals surface area (Å²) in [6.07, 6.45) is 2.11. The Balaban J connectivity index is 2.01. The summed E-state index contributed by atoms with van der Waals surface area (Å²) in [5.74, 6) is 0.827. The van der Waals surface area contributed by atoms with Crippen molar-refractivity contribution in [2.75, 3.05) is 0 Å². The smallest absolute Gasteiger partial charge is 0.209 e. The summed E-state index contributed by atoms with van der Waals surface area (Å²) in [5, 5.41) is 0.792. The van der Waals surface area contributed by atoms with Gasteiger partial charge in [-0.15, -0.1) is 0 Å². The Morgan fingerprint density at radius 2 is 2.14 bits per heavy atom. The molecule has 3 rings (SSSR count). The van der Waals surface area contributed by atoms with E-state index >= 15 is 0 Å². The molecule has 0 atom stereocenters. The van der Waals surface area contributed by atoms with E-state index in [0.717, 1.165) is 23.4 Å². The molecule has 6 heteroatoms. The van der Waals surface area contributed by atoms with Gasteiger partial charge >= 0.3 is 0 Å². The maximum atomic E-state index is 12.5. The van der Waals surface area contributed by atoms with E-state index in [4.69, 9.17) is 4.74 Å². The van der Waals surface area contributed by atoms with E-state index in [0.29, 0.717) is 22.5 Å². The molecule has 0 saturated heterocycles. The number of aromatic nitrogens is 2. The molecule has 0 aliphatic carbocycles. The van der Waals surface area contributed by atoms with Gasteiger partial charge in [-0.1, -0.05) is 13.8 Å². The van der Waals surface area contributed by atoms with Gasteiger partial charge in [0.15, 0.2) is 5.78 Å².